The molecule has 0 amide bonds. The van der Waals surface area contributed by atoms with Gasteiger partial charge in [-0.1, -0.05) is 0 Å². The van der Waals surface area contributed by atoms with E-state index >= 15 is 0 Å². The molecule has 2 aromatic heterocycles. The number of anilines is 1. The number of carboxylic acids is 1. The summed E-state index contributed by atoms with van der Waals surface area (Å²) in [5.41, 5.74) is 0.146. The van der Waals surface area contributed by atoms with Crippen molar-refractivity contribution in [3.05, 3.63) is 47.5 Å². The van der Waals surface area contributed by atoms with Crippen LogP contribution in [0.5, 0.6) is 0 Å². The van der Waals surface area contributed by atoms with E-state index in [-0.39, 0.29) is 11.6 Å². The van der Waals surface area contributed by atoms with Gasteiger partial charge >= 0.3 is 5.97 Å². The van der Waals surface area contributed by atoms with Crippen molar-refractivity contribution in [1.29, 1.82) is 0 Å². The summed E-state index contributed by atoms with van der Waals surface area (Å²) in [6, 6.07) is 6.68. The van der Waals surface area contributed by atoms with Gasteiger partial charge in [0.15, 0.2) is 0 Å². The Morgan fingerprint density at radius 3 is 2.83 bits per heavy atom. The second-order valence-electron chi connectivity index (χ2n) is 4.02. The maximum atomic E-state index is 11.0. The summed E-state index contributed by atoms with van der Waals surface area (Å²) < 4.78 is 5.48. The molecule has 2 aromatic rings. The van der Waals surface area contributed by atoms with E-state index in [1.165, 1.54) is 6.07 Å². The van der Waals surface area contributed by atoms with E-state index < -0.39 is 5.97 Å². The number of aromatic nitrogens is 1. The Morgan fingerprint density at radius 2 is 2.22 bits per heavy atom. The number of hydrogen-bond donors (Lipinski definition) is 2. The van der Waals surface area contributed by atoms with Crippen LogP contribution in [0.15, 0.2) is 34.9 Å². The standard InChI is InChI=1S/C13H14N2O3/c1-8-5-6-11(18-8)9(2)15-12-10(13(16)17)4-3-7-14-12/h3-7,9H,1-2H3,(H,14,15)(H,16,17). The summed E-state index contributed by atoms with van der Waals surface area (Å²) in [6.07, 6.45) is 1.55. The van der Waals surface area contributed by atoms with Crippen molar-refractivity contribution in [1.82, 2.24) is 4.98 Å². The largest absolute Gasteiger partial charge is 0.478 e. The lowest BCUT2D eigenvalue weighted by Gasteiger charge is -2.13. The zero-order valence-electron chi connectivity index (χ0n) is 10.2. The highest BCUT2D eigenvalue weighted by atomic mass is 16.4. The number of aryl methyl sites for hydroxylation is 1. The van der Waals surface area contributed by atoms with Crippen molar-refractivity contribution in [2.75, 3.05) is 5.32 Å². The van der Waals surface area contributed by atoms with Crippen LogP contribution in [-0.2, 0) is 0 Å². The van der Waals surface area contributed by atoms with E-state index in [2.05, 4.69) is 10.3 Å². The van der Waals surface area contributed by atoms with Gasteiger partial charge in [0.05, 0.1) is 6.04 Å². The fourth-order valence-electron chi connectivity index (χ4n) is 1.66. The Morgan fingerprint density at radius 1 is 1.44 bits per heavy atom. The fourth-order valence-corrected chi connectivity index (χ4v) is 1.66. The van der Waals surface area contributed by atoms with Crippen LogP contribution in [0, 0.1) is 6.92 Å². The van der Waals surface area contributed by atoms with Gasteiger partial charge in [-0.15, -0.1) is 0 Å². The second-order valence-corrected chi connectivity index (χ2v) is 4.02. The lowest BCUT2D eigenvalue weighted by molar-refractivity contribution is 0.0697. The first-order valence-corrected chi connectivity index (χ1v) is 5.59. The number of nitrogens with zero attached hydrogens (tertiary/aromatic N) is 1. The predicted molar refractivity (Wildman–Crippen MR) is 66.7 cm³/mol. The molecule has 5 nitrogen and oxygen atoms in total. The highest BCUT2D eigenvalue weighted by molar-refractivity contribution is 5.93. The van der Waals surface area contributed by atoms with Crippen LogP contribution in [0.2, 0.25) is 0 Å². The van der Waals surface area contributed by atoms with Crippen LogP contribution in [-0.4, -0.2) is 16.1 Å². The van der Waals surface area contributed by atoms with Gasteiger partial charge in [0.1, 0.15) is 22.9 Å². The normalized spacial score (nSPS) is 12.1. The molecular formula is C13H14N2O3. The van der Waals surface area contributed by atoms with Gasteiger partial charge in [0.25, 0.3) is 0 Å². The van der Waals surface area contributed by atoms with Gasteiger partial charge < -0.3 is 14.8 Å². The Kier molecular flexibility index (Phi) is 3.32. The minimum Gasteiger partial charge on any atom is -0.478 e. The molecular weight excluding hydrogens is 232 g/mol. The fraction of sp³-hybridized carbons (Fsp3) is 0.231. The molecule has 2 heterocycles. The van der Waals surface area contributed by atoms with E-state index in [1.54, 1.807) is 12.3 Å². The van der Waals surface area contributed by atoms with Crippen molar-refractivity contribution in [2.24, 2.45) is 0 Å². The molecule has 1 atom stereocenters. The third kappa shape index (κ3) is 2.51. The van der Waals surface area contributed by atoms with Gasteiger partial charge in [-0.05, 0) is 38.1 Å². The lowest BCUT2D eigenvalue weighted by atomic mass is 10.2. The number of pyridine rings is 1. The van der Waals surface area contributed by atoms with Crippen LogP contribution < -0.4 is 5.32 Å². The lowest BCUT2D eigenvalue weighted by Crippen LogP contribution is -2.11. The first-order valence-electron chi connectivity index (χ1n) is 5.59. The number of aromatic carboxylic acids is 1. The third-order valence-corrected chi connectivity index (χ3v) is 2.58. The molecule has 0 aliphatic heterocycles. The maximum Gasteiger partial charge on any atom is 0.339 e. The number of carboxylic acid groups (broad SMARTS) is 1. The van der Waals surface area contributed by atoms with Gasteiger partial charge in [-0.2, -0.15) is 0 Å². The monoisotopic (exact) mass is 246 g/mol. The average Bonchev–Trinajstić information content (AvgIpc) is 2.76. The van der Waals surface area contributed by atoms with Crippen LogP contribution in [0.3, 0.4) is 0 Å². The molecule has 0 fully saturated rings. The Bertz CT molecular complexity index is 563. The van der Waals surface area contributed by atoms with E-state index in [9.17, 15) is 4.79 Å². The smallest absolute Gasteiger partial charge is 0.339 e. The van der Waals surface area contributed by atoms with E-state index in [0.29, 0.717) is 5.82 Å². The Hall–Kier alpha value is -2.30. The van der Waals surface area contributed by atoms with E-state index in [0.717, 1.165) is 11.5 Å². The van der Waals surface area contributed by atoms with Crippen molar-refractivity contribution >= 4 is 11.8 Å². The summed E-state index contributed by atoms with van der Waals surface area (Å²) in [5.74, 6) is 0.896. The number of hydrogen-bond acceptors (Lipinski definition) is 4. The molecule has 0 bridgehead atoms. The van der Waals surface area contributed by atoms with E-state index in [4.69, 9.17) is 9.52 Å². The van der Waals surface area contributed by atoms with Gasteiger partial charge in [-0.25, -0.2) is 9.78 Å². The number of rotatable bonds is 4. The minimum atomic E-state index is -1.01. The highest BCUT2D eigenvalue weighted by Crippen LogP contribution is 2.22. The van der Waals surface area contributed by atoms with Crippen LogP contribution in [0.25, 0.3) is 0 Å². The summed E-state index contributed by atoms with van der Waals surface area (Å²) >= 11 is 0. The molecule has 5 heteroatoms. The molecule has 2 N–H and O–H groups in total. The van der Waals surface area contributed by atoms with Crippen LogP contribution in [0.4, 0.5) is 5.82 Å². The van der Waals surface area contributed by atoms with Gasteiger partial charge in [0, 0.05) is 6.20 Å². The molecule has 2 rings (SSSR count). The zero-order chi connectivity index (χ0) is 13.1. The maximum absolute atomic E-state index is 11.0. The van der Waals surface area contributed by atoms with Crippen molar-refractivity contribution in [3.63, 3.8) is 0 Å². The molecule has 0 aliphatic rings. The molecule has 1 unspecified atom stereocenters. The average molecular weight is 246 g/mol. The Labute approximate surface area is 104 Å². The van der Waals surface area contributed by atoms with Crippen LogP contribution in [0.1, 0.15) is 34.8 Å². The summed E-state index contributed by atoms with van der Waals surface area (Å²) in [6.45, 7) is 3.75. The quantitative estimate of drug-likeness (QED) is 0.867. The molecule has 18 heavy (non-hydrogen) atoms. The van der Waals surface area contributed by atoms with E-state index in [1.807, 2.05) is 26.0 Å². The first-order chi connectivity index (χ1) is 8.58. The molecule has 0 aromatic carbocycles. The first kappa shape index (κ1) is 12.2. The molecule has 0 aliphatic carbocycles. The van der Waals surface area contributed by atoms with Gasteiger partial charge in [0.2, 0.25) is 0 Å². The summed E-state index contributed by atoms with van der Waals surface area (Å²) in [5, 5.41) is 12.1. The number of furan rings is 1. The molecule has 0 radical (unpaired) electrons. The third-order valence-electron chi connectivity index (χ3n) is 2.58. The SMILES string of the molecule is Cc1ccc(C(C)Nc2ncccc2C(=O)O)o1. The summed E-state index contributed by atoms with van der Waals surface area (Å²) in [4.78, 5) is 15.1. The Balaban J connectivity index is 2.21. The number of carbonyl (C=O) groups is 1. The van der Waals surface area contributed by atoms with Crippen molar-refractivity contribution in [3.8, 4) is 0 Å². The topological polar surface area (TPSA) is 75.4 Å². The zero-order valence-corrected chi connectivity index (χ0v) is 10.2. The number of nitrogens with one attached hydrogen (secondary N) is 1. The molecule has 0 saturated heterocycles. The second kappa shape index (κ2) is 4.91. The van der Waals surface area contributed by atoms with Crippen molar-refractivity contribution in [2.45, 2.75) is 19.9 Å². The molecule has 0 saturated carbocycles. The minimum absolute atomic E-state index is 0.146. The molecule has 0 spiro atoms. The highest BCUT2D eigenvalue weighted by Gasteiger charge is 2.15. The van der Waals surface area contributed by atoms with Gasteiger partial charge in [-0.3, -0.25) is 0 Å². The van der Waals surface area contributed by atoms with Crippen LogP contribution >= 0.6 is 0 Å². The predicted octanol–water partition coefficient (Wildman–Crippen LogP) is 2.85. The van der Waals surface area contributed by atoms with Crippen molar-refractivity contribution < 1.29 is 14.3 Å². The molecule has 94 valence electrons. The summed E-state index contributed by atoms with van der Waals surface area (Å²) in [7, 11) is 0.